The van der Waals surface area contributed by atoms with E-state index in [4.69, 9.17) is 0 Å². The molecule has 3 rings (SSSR count). The van der Waals surface area contributed by atoms with Gasteiger partial charge in [0.1, 0.15) is 5.82 Å². The summed E-state index contributed by atoms with van der Waals surface area (Å²) in [5.41, 5.74) is 2.46. The minimum Gasteiger partial charge on any atom is -0.359 e. The summed E-state index contributed by atoms with van der Waals surface area (Å²) in [5, 5.41) is 2.83. The number of aromatic nitrogens is 1. The van der Waals surface area contributed by atoms with Crippen molar-refractivity contribution in [2.24, 2.45) is 0 Å². The Hall–Kier alpha value is -1.88. The highest BCUT2D eigenvalue weighted by Gasteiger charge is 2.26. The van der Waals surface area contributed by atoms with E-state index in [1.807, 2.05) is 18.2 Å². The molecule has 1 aromatic carbocycles. The number of carbonyl (C=O) groups is 1. The smallest absolute Gasteiger partial charge is 0.245 e. The van der Waals surface area contributed by atoms with Crippen molar-refractivity contribution < 1.29 is 4.79 Å². The zero-order valence-electron chi connectivity index (χ0n) is 11.7. The highest BCUT2D eigenvalue weighted by atomic mass is 79.9. The molecule has 1 aliphatic rings. The quantitative estimate of drug-likeness (QED) is 0.928. The number of amides is 1. The molecule has 0 saturated carbocycles. The van der Waals surface area contributed by atoms with Crippen LogP contribution >= 0.6 is 15.9 Å². The maximum Gasteiger partial charge on any atom is 0.245 e. The predicted molar refractivity (Wildman–Crippen MR) is 87.5 cm³/mol. The molecule has 1 aliphatic heterocycles. The summed E-state index contributed by atoms with van der Waals surface area (Å²) in [6.07, 6.45) is 2.66. The van der Waals surface area contributed by atoms with Gasteiger partial charge in [0, 0.05) is 22.4 Å². The number of nitrogens with one attached hydrogen (secondary N) is 1. The van der Waals surface area contributed by atoms with Gasteiger partial charge in [-0.15, -0.1) is 0 Å². The lowest BCUT2D eigenvalue weighted by atomic mass is 10.1. The summed E-state index contributed by atoms with van der Waals surface area (Å²) < 4.78 is 0.891. The molecule has 1 unspecified atom stereocenters. The van der Waals surface area contributed by atoms with Crippen LogP contribution in [0.25, 0.3) is 0 Å². The molecule has 4 nitrogen and oxygen atoms in total. The highest BCUT2D eigenvalue weighted by Crippen LogP contribution is 2.31. The summed E-state index contributed by atoms with van der Waals surface area (Å²) >= 11 is 3.33. The number of fused-ring (bicyclic) bond motifs is 1. The van der Waals surface area contributed by atoms with E-state index in [1.165, 1.54) is 5.56 Å². The summed E-state index contributed by atoms with van der Waals surface area (Å²) in [4.78, 5) is 18.5. The van der Waals surface area contributed by atoms with Gasteiger partial charge in [-0.1, -0.05) is 18.2 Å². The molecule has 0 bridgehead atoms. The van der Waals surface area contributed by atoms with Crippen LogP contribution in [0.5, 0.6) is 0 Å². The van der Waals surface area contributed by atoms with Crippen molar-refractivity contribution in [2.75, 3.05) is 16.8 Å². The van der Waals surface area contributed by atoms with Crippen LogP contribution in [-0.2, 0) is 11.2 Å². The molecule has 0 fully saturated rings. The second-order valence-corrected chi connectivity index (χ2v) is 6.14. The fourth-order valence-electron chi connectivity index (χ4n) is 2.66. The Bertz CT molecular complexity index is 657. The molecule has 0 saturated heterocycles. The lowest BCUT2D eigenvalue weighted by molar-refractivity contribution is -0.115. The number of rotatable bonds is 3. The van der Waals surface area contributed by atoms with Crippen molar-refractivity contribution >= 4 is 33.3 Å². The number of carbonyl (C=O) groups excluding carboxylic acids is 1. The maximum absolute atomic E-state index is 12.2. The first-order chi connectivity index (χ1) is 10.1. The fraction of sp³-hybridized carbons (Fsp3) is 0.250. The van der Waals surface area contributed by atoms with Crippen molar-refractivity contribution in [1.29, 1.82) is 0 Å². The predicted octanol–water partition coefficient (Wildman–Crippen LogP) is 3.23. The monoisotopic (exact) mass is 345 g/mol. The van der Waals surface area contributed by atoms with Crippen molar-refractivity contribution in [3.8, 4) is 0 Å². The lowest BCUT2D eigenvalue weighted by Crippen LogP contribution is -2.37. The number of para-hydroxylation sites is 1. The van der Waals surface area contributed by atoms with E-state index in [0.29, 0.717) is 18.4 Å². The third-order valence-electron chi connectivity index (χ3n) is 3.66. The first-order valence-corrected chi connectivity index (χ1v) is 7.69. The molecule has 2 heterocycles. The van der Waals surface area contributed by atoms with Crippen LogP contribution in [0.4, 0.5) is 11.5 Å². The fourth-order valence-corrected chi connectivity index (χ4v) is 2.89. The Morgan fingerprint density at radius 3 is 2.95 bits per heavy atom. The average molecular weight is 346 g/mol. The lowest BCUT2D eigenvalue weighted by Gasteiger charge is -2.24. The van der Waals surface area contributed by atoms with Gasteiger partial charge >= 0.3 is 0 Å². The van der Waals surface area contributed by atoms with Gasteiger partial charge in [0.15, 0.2) is 0 Å². The van der Waals surface area contributed by atoms with Crippen LogP contribution in [0.1, 0.15) is 12.5 Å². The van der Waals surface area contributed by atoms with E-state index in [-0.39, 0.29) is 5.91 Å². The number of benzene rings is 1. The number of hydrogen-bond donors (Lipinski definition) is 1. The average Bonchev–Trinajstić information content (AvgIpc) is 2.78. The molecule has 1 atom stereocenters. The van der Waals surface area contributed by atoms with Gasteiger partial charge in [0.05, 0.1) is 6.54 Å². The van der Waals surface area contributed by atoms with E-state index in [0.717, 1.165) is 16.6 Å². The Labute approximate surface area is 132 Å². The number of pyridine rings is 1. The molecule has 0 spiro atoms. The topological polar surface area (TPSA) is 45.2 Å². The van der Waals surface area contributed by atoms with Crippen LogP contribution in [0.2, 0.25) is 0 Å². The van der Waals surface area contributed by atoms with E-state index in [1.54, 1.807) is 12.3 Å². The molecule has 0 aliphatic carbocycles. The summed E-state index contributed by atoms with van der Waals surface area (Å²) in [7, 11) is 0. The van der Waals surface area contributed by atoms with Gasteiger partial charge in [-0.3, -0.25) is 4.79 Å². The van der Waals surface area contributed by atoms with Crippen molar-refractivity contribution in [2.45, 2.75) is 19.4 Å². The van der Waals surface area contributed by atoms with Gasteiger partial charge in [-0.25, -0.2) is 4.98 Å². The number of halogens is 1. The normalized spacial score (nSPS) is 16.7. The molecular formula is C16H16BrN3O. The molecule has 1 aromatic heterocycles. The zero-order chi connectivity index (χ0) is 14.8. The van der Waals surface area contributed by atoms with E-state index in [2.05, 4.69) is 50.2 Å². The second-order valence-electron chi connectivity index (χ2n) is 5.22. The molecule has 0 radical (unpaired) electrons. The van der Waals surface area contributed by atoms with Crippen LogP contribution in [-0.4, -0.2) is 23.5 Å². The van der Waals surface area contributed by atoms with E-state index < -0.39 is 0 Å². The standard InChI is InChI=1S/C16H16BrN3O/c1-11-8-12-4-2-3-5-14(12)20(11)10-16(21)19-15-7-6-13(17)9-18-15/h2-7,9,11H,8,10H2,1H3,(H,18,19,21). The number of nitrogens with zero attached hydrogens (tertiary/aromatic N) is 2. The Balaban J connectivity index is 1.69. The van der Waals surface area contributed by atoms with E-state index >= 15 is 0 Å². The highest BCUT2D eigenvalue weighted by molar-refractivity contribution is 9.10. The Morgan fingerprint density at radius 1 is 1.38 bits per heavy atom. The third kappa shape index (κ3) is 3.08. The van der Waals surface area contributed by atoms with Gasteiger partial charge in [0.25, 0.3) is 0 Å². The minimum absolute atomic E-state index is 0.0478. The third-order valence-corrected chi connectivity index (χ3v) is 4.13. The maximum atomic E-state index is 12.2. The van der Waals surface area contributed by atoms with Crippen molar-refractivity contribution in [3.63, 3.8) is 0 Å². The first-order valence-electron chi connectivity index (χ1n) is 6.89. The van der Waals surface area contributed by atoms with Crippen LogP contribution in [0, 0.1) is 0 Å². The zero-order valence-corrected chi connectivity index (χ0v) is 13.3. The Morgan fingerprint density at radius 2 is 2.19 bits per heavy atom. The first kappa shape index (κ1) is 14.1. The number of hydrogen-bond acceptors (Lipinski definition) is 3. The van der Waals surface area contributed by atoms with Gasteiger partial charge in [-0.05, 0) is 53.0 Å². The summed E-state index contributed by atoms with van der Waals surface area (Å²) in [6.45, 7) is 2.49. The molecule has 2 aromatic rings. The van der Waals surface area contributed by atoms with E-state index in [9.17, 15) is 4.79 Å². The molecular weight excluding hydrogens is 330 g/mol. The van der Waals surface area contributed by atoms with Crippen LogP contribution in [0.15, 0.2) is 47.1 Å². The van der Waals surface area contributed by atoms with Gasteiger partial charge < -0.3 is 10.2 Å². The van der Waals surface area contributed by atoms with Crippen LogP contribution in [0.3, 0.4) is 0 Å². The largest absolute Gasteiger partial charge is 0.359 e. The minimum atomic E-state index is -0.0478. The molecule has 1 amide bonds. The van der Waals surface area contributed by atoms with Gasteiger partial charge in [0.2, 0.25) is 5.91 Å². The molecule has 1 N–H and O–H groups in total. The molecule has 108 valence electrons. The Kier molecular flexibility index (Phi) is 3.92. The molecule has 5 heteroatoms. The molecule has 21 heavy (non-hydrogen) atoms. The SMILES string of the molecule is CC1Cc2ccccc2N1CC(=O)Nc1ccc(Br)cn1. The van der Waals surface area contributed by atoms with Crippen molar-refractivity contribution in [3.05, 3.63) is 52.6 Å². The van der Waals surface area contributed by atoms with Gasteiger partial charge in [-0.2, -0.15) is 0 Å². The summed E-state index contributed by atoms with van der Waals surface area (Å²) in [6, 6.07) is 12.2. The van der Waals surface area contributed by atoms with Crippen LogP contribution < -0.4 is 10.2 Å². The summed E-state index contributed by atoms with van der Waals surface area (Å²) in [5.74, 6) is 0.525. The van der Waals surface area contributed by atoms with Crippen molar-refractivity contribution in [1.82, 2.24) is 4.98 Å². The number of anilines is 2. The second kappa shape index (κ2) is 5.85.